The summed E-state index contributed by atoms with van der Waals surface area (Å²) < 4.78 is 22.9. The third kappa shape index (κ3) is 6.24. The topological polar surface area (TPSA) is 131 Å². The smallest absolute Gasteiger partial charge is 0.308 e. The van der Waals surface area contributed by atoms with E-state index >= 15 is 0 Å². The number of nitrogens with zero attached hydrogens (tertiary/aromatic N) is 3. The third-order valence-corrected chi connectivity index (χ3v) is 8.53. The van der Waals surface area contributed by atoms with E-state index in [1.54, 1.807) is 29.4 Å². The number of hydrogen-bond donors (Lipinski definition) is 2. The summed E-state index contributed by atoms with van der Waals surface area (Å²) in [6, 6.07) is 6.80. The van der Waals surface area contributed by atoms with Crippen LogP contribution in [0.25, 0.3) is 0 Å². The minimum absolute atomic E-state index is 0.0412. The second kappa shape index (κ2) is 12.9. The number of hydrogen-bond acceptors (Lipinski definition) is 9. The minimum Gasteiger partial charge on any atom is -0.481 e. The highest BCUT2D eigenvalue weighted by molar-refractivity contribution is 5.94. The number of benzene rings is 1. The summed E-state index contributed by atoms with van der Waals surface area (Å²) in [5, 5.41) is 20.7. The van der Waals surface area contributed by atoms with Crippen molar-refractivity contribution >= 4 is 17.6 Å². The number of rotatable bonds is 12. The highest BCUT2D eigenvalue weighted by Gasteiger charge is 2.51. The number of pyridine rings is 1. The molecule has 2 fully saturated rings. The molecule has 3 atom stereocenters. The SMILES string of the molecule is CCCCN(C(=O)CN1C[C@H](c2cc(CO)c3c(c2)OCO3)[C@@H](C(=O)O)[C@@H]1CC(C)(C)C1OCCO1)c1cccnc1. The minimum atomic E-state index is -0.942. The van der Waals surface area contributed by atoms with E-state index in [9.17, 15) is 19.8 Å². The molecule has 2 aromatic rings. The molecule has 0 saturated carbocycles. The monoisotopic (exact) mass is 583 g/mol. The maximum Gasteiger partial charge on any atom is 0.308 e. The Kier molecular flexibility index (Phi) is 9.32. The predicted molar refractivity (Wildman–Crippen MR) is 153 cm³/mol. The number of aromatic nitrogens is 1. The number of fused-ring (bicyclic) bond motifs is 1. The molecule has 1 aromatic heterocycles. The van der Waals surface area contributed by atoms with Crippen LogP contribution in [0.3, 0.4) is 0 Å². The predicted octanol–water partition coefficient (Wildman–Crippen LogP) is 3.39. The molecule has 3 aliphatic rings. The van der Waals surface area contributed by atoms with E-state index in [4.69, 9.17) is 18.9 Å². The molecule has 42 heavy (non-hydrogen) atoms. The van der Waals surface area contributed by atoms with Crippen molar-refractivity contribution < 1.29 is 38.7 Å². The lowest BCUT2D eigenvalue weighted by atomic mass is 9.77. The van der Waals surface area contributed by atoms with Crippen molar-refractivity contribution in [3.63, 3.8) is 0 Å². The number of aliphatic hydroxyl groups is 1. The standard InChI is InChI=1S/C31H41N3O8/c1-4-5-9-34(22-7-6-8-32-15-22)26(36)17-33-16-23(20-12-21(18-35)28-25(13-20)41-19-42-28)27(29(37)38)24(33)14-31(2,3)30-39-10-11-40-30/h6-8,12-13,15,23-24,27,30,35H,4-5,9-11,14,16-19H2,1-3H3,(H,37,38)/t23-,24+,27-/m1/s1. The van der Waals surface area contributed by atoms with Gasteiger partial charge in [-0.3, -0.25) is 19.5 Å². The number of unbranched alkanes of at least 4 members (excludes halogenated alkanes) is 1. The number of aliphatic hydroxyl groups excluding tert-OH is 1. The first kappa shape index (κ1) is 30.2. The van der Waals surface area contributed by atoms with Gasteiger partial charge in [0.1, 0.15) is 0 Å². The van der Waals surface area contributed by atoms with E-state index in [1.807, 2.05) is 30.9 Å². The van der Waals surface area contributed by atoms with Crippen LogP contribution in [0.15, 0.2) is 36.7 Å². The molecule has 0 spiro atoms. The molecule has 4 heterocycles. The number of ether oxygens (including phenoxy) is 4. The van der Waals surface area contributed by atoms with Crippen LogP contribution in [0, 0.1) is 11.3 Å². The Labute approximate surface area is 246 Å². The number of carboxylic acid groups (broad SMARTS) is 1. The van der Waals surface area contributed by atoms with E-state index in [0.717, 1.165) is 24.1 Å². The van der Waals surface area contributed by atoms with Crippen molar-refractivity contribution in [2.75, 3.05) is 44.5 Å². The molecule has 1 aromatic carbocycles. The van der Waals surface area contributed by atoms with Crippen molar-refractivity contribution in [2.45, 2.75) is 64.9 Å². The van der Waals surface area contributed by atoms with E-state index in [-0.39, 0.29) is 25.9 Å². The first-order valence-electron chi connectivity index (χ1n) is 14.7. The van der Waals surface area contributed by atoms with Gasteiger partial charge in [-0.1, -0.05) is 27.2 Å². The molecule has 0 unspecified atom stereocenters. The molecule has 0 bridgehead atoms. The molecular formula is C31H41N3O8. The second-order valence-electron chi connectivity index (χ2n) is 11.9. The number of anilines is 1. The first-order chi connectivity index (χ1) is 20.2. The van der Waals surface area contributed by atoms with Gasteiger partial charge >= 0.3 is 5.97 Å². The van der Waals surface area contributed by atoms with Gasteiger partial charge in [0.25, 0.3) is 0 Å². The molecule has 3 aliphatic heterocycles. The Morgan fingerprint density at radius 2 is 1.98 bits per heavy atom. The third-order valence-electron chi connectivity index (χ3n) is 8.53. The van der Waals surface area contributed by atoms with Gasteiger partial charge in [0.05, 0.1) is 44.2 Å². The lowest BCUT2D eigenvalue weighted by molar-refractivity contribution is -0.147. The van der Waals surface area contributed by atoms with Crippen LogP contribution in [-0.2, 0) is 25.7 Å². The summed E-state index contributed by atoms with van der Waals surface area (Å²) in [5.41, 5.74) is 1.48. The number of aliphatic carboxylic acids is 1. The Bertz CT molecular complexity index is 1250. The Morgan fingerprint density at radius 1 is 1.19 bits per heavy atom. The normalized spacial score (nSPS) is 22.5. The largest absolute Gasteiger partial charge is 0.481 e. The first-order valence-corrected chi connectivity index (χ1v) is 14.7. The fourth-order valence-electron chi connectivity index (χ4n) is 6.45. The van der Waals surface area contributed by atoms with Gasteiger partial charge in [0, 0.05) is 42.2 Å². The average molecular weight is 584 g/mol. The Morgan fingerprint density at radius 3 is 2.64 bits per heavy atom. The fourth-order valence-corrected chi connectivity index (χ4v) is 6.45. The molecular weight excluding hydrogens is 542 g/mol. The molecule has 2 N–H and O–H groups in total. The summed E-state index contributed by atoms with van der Waals surface area (Å²) >= 11 is 0. The van der Waals surface area contributed by atoms with Gasteiger partial charge in [0.2, 0.25) is 12.7 Å². The van der Waals surface area contributed by atoms with E-state index < -0.39 is 35.6 Å². The van der Waals surface area contributed by atoms with Crippen LogP contribution in [0.4, 0.5) is 5.69 Å². The van der Waals surface area contributed by atoms with Gasteiger partial charge in [-0.15, -0.1) is 0 Å². The van der Waals surface area contributed by atoms with Crippen LogP contribution < -0.4 is 14.4 Å². The summed E-state index contributed by atoms with van der Waals surface area (Å²) in [6.45, 7) is 7.80. The number of carboxylic acids is 1. The molecule has 1 amide bonds. The zero-order valence-electron chi connectivity index (χ0n) is 24.5. The molecule has 11 nitrogen and oxygen atoms in total. The number of amides is 1. The lowest BCUT2D eigenvalue weighted by Crippen LogP contribution is -2.47. The van der Waals surface area contributed by atoms with Gasteiger partial charge in [0.15, 0.2) is 17.8 Å². The number of carbonyl (C=O) groups excluding carboxylic acids is 1. The molecule has 11 heteroatoms. The summed E-state index contributed by atoms with van der Waals surface area (Å²) in [4.78, 5) is 34.9. The zero-order chi connectivity index (χ0) is 29.9. The molecule has 228 valence electrons. The van der Waals surface area contributed by atoms with Crippen LogP contribution in [0.2, 0.25) is 0 Å². The van der Waals surface area contributed by atoms with Gasteiger partial charge in [-0.2, -0.15) is 0 Å². The average Bonchev–Trinajstić information content (AvgIpc) is 3.74. The van der Waals surface area contributed by atoms with E-state index in [1.165, 1.54) is 0 Å². The number of carbonyl (C=O) groups is 2. The summed E-state index contributed by atoms with van der Waals surface area (Å²) in [7, 11) is 0. The van der Waals surface area contributed by atoms with Crippen molar-refractivity contribution in [3.8, 4) is 11.5 Å². The van der Waals surface area contributed by atoms with Crippen molar-refractivity contribution in [2.24, 2.45) is 11.3 Å². The van der Waals surface area contributed by atoms with Gasteiger partial charge in [-0.25, -0.2) is 0 Å². The van der Waals surface area contributed by atoms with E-state index in [0.29, 0.717) is 49.8 Å². The second-order valence-corrected chi connectivity index (χ2v) is 11.9. The van der Waals surface area contributed by atoms with Crippen molar-refractivity contribution in [3.05, 3.63) is 47.8 Å². The highest BCUT2D eigenvalue weighted by atomic mass is 16.7. The summed E-state index contributed by atoms with van der Waals surface area (Å²) in [6.07, 6.45) is 5.08. The lowest BCUT2D eigenvalue weighted by Gasteiger charge is -2.37. The van der Waals surface area contributed by atoms with E-state index in [2.05, 4.69) is 11.9 Å². The van der Waals surface area contributed by atoms with Crippen LogP contribution in [-0.4, -0.2) is 83.9 Å². The fraction of sp³-hybridized carbons (Fsp3) is 0.581. The van der Waals surface area contributed by atoms with Crippen molar-refractivity contribution in [1.82, 2.24) is 9.88 Å². The molecule has 2 saturated heterocycles. The van der Waals surface area contributed by atoms with Gasteiger partial charge < -0.3 is 34.1 Å². The van der Waals surface area contributed by atoms with Crippen LogP contribution in [0.5, 0.6) is 11.5 Å². The molecule has 0 radical (unpaired) electrons. The van der Waals surface area contributed by atoms with Crippen molar-refractivity contribution in [1.29, 1.82) is 0 Å². The van der Waals surface area contributed by atoms with Crippen LogP contribution in [0.1, 0.15) is 57.1 Å². The highest BCUT2D eigenvalue weighted by Crippen LogP contribution is 2.47. The summed E-state index contributed by atoms with van der Waals surface area (Å²) in [5.74, 6) is -1.37. The maximum atomic E-state index is 13.9. The maximum absolute atomic E-state index is 13.9. The Hall–Kier alpha value is -3.25. The van der Waals surface area contributed by atoms with Crippen LogP contribution >= 0.6 is 0 Å². The number of likely N-dealkylation sites (tertiary alicyclic amines) is 1. The molecule has 5 rings (SSSR count). The van der Waals surface area contributed by atoms with Gasteiger partial charge in [-0.05, 0) is 42.7 Å². The Balaban J connectivity index is 1.49. The zero-order valence-corrected chi connectivity index (χ0v) is 24.5. The quantitative estimate of drug-likeness (QED) is 0.383. The molecule has 0 aliphatic carbocycles.